The number of amides is 1. The van der Waals surface area contributed by atoms with Gasteiger partial charge in [0, 0.05) is 36.1 Å². The fourth-order valence-corrected chi connectivity index (χ4v) is 3.02. The van der Waals surface area contributed by atoms with Crippen LogP contribution in [-0.4, -0.2) is 49.1 Å². The number of halogens is 3. The lowest BCUT2D eigenvalue weighted by Crippen LogP contribution is -2.21. The summed E-state index contributed by atoms with van der Waals surface area (Å²) in [5.74, 6) is -1.30. The maximum Gasteiger partial charge on any atom is 0.405 e. The number of carbonyl (C=O) groups is 2. The molecule has 0 saturated heterocycles. The van der Waals surface area contributed by atoms with E-state index in [2.05, 4.69) is 25.4 Å². The molecule has 174 valence electrons. The molecule has 0 aliphatic carbocycles. The smallest absolute Gasteiger partial charge is 0.405 e. The number of nitrogens with zero attached hydrogens (tertiary/aromatic N) is 5. The highest BCUT2D eigenvalue weighted by Crippen LogP contribution is 2.23. The first-order valence-corrected chi connectivity index (χ1v) is 9.74. The van der Waals surface area contributed by atoms with Gasteiger partial charge in [-0.1, -0.05) is 0 Å². The number of rotatable bonds is 8. The SMILES string of the molecule is NC(=O)c1nn(-c2cccnc2)cc1CC(=O)c1coc(-c2ccnc(NCC(F)(F)F)c2)n1. The first-order valence-electron chi connectivity index (χ1n) is 9.74. The van der Waals surface area contributed by atoms with Crippen LogP contribution in [-0.2, 0) is 6.42 Å². The largest absolute Gasteiger partial charge is 0.444 e. The minimum Gasteiger partial charge on any atom is -0.444 e. The van der Waals surface area contributed by atoms with Crippen molar-refractivity contribution in [3.8, 4) is 17.1 Å². The summed E-state index contributed by atoms with van der Waals surface area (Å²) in [6.07, 6.45) is 2.36. The van der Waals surface area contributed by atoms with Gasteiger partial charge >= 0.3 is 6.18 Å². The number of aromatic nitrogens is 5. The molecule has 0 aliphatic rings. The molecule has 34 heavy (non-hydrogen) atoms. The van der Waals surface area contributed by atoms with Gasteiger partial charge in [-0.3, -0.25) is 14.6 Å². The molecule has 0 spiro atoms. The maximum absolute atomic E-state index is 12.8. The summed E-state index contributed by atoms with van der Waals surface area (Å²) in [4.78, 5) is 36.5. The lowest BCUT2D eigenvalue weighted by atomic mass is 10.1. The van der Waals surface area contributed by atoms with Crippen molar-refractivity contribution >= 4 is 17.5 Å². The predicted molar refractivity (Wildman–Crippen MR) is 112 cm³/mol. The first kappa shape index (κ1) is 22.6. The van der Waals surface area contributed by atoms with Crippen LogP contribution in [0.1, 0.15) is 26.5 Å². The van der Waals surface area contributed by atoms with Crippen molar-refractivity contribution in [2.75, 3.05) is 11.9 Å². The Morgan fingerprint density at radius 1 is 1.21 bits per heavy atom. The van der Waals surface area contributed by atoms with Crippen molar-refractivity contribution < 1.29 is 27.2 Å². The summed E-state index contributed by atoms with van der Waals surface area (Å²) in [6, 6.07) is 6.19. The number of hydrogen-bond donors (Lipinski definition) is 2. The molecule has 0 bridgehead atoms. The second-order valence-electron chi connectivity index (χ2n) is 7.06. The van der Waals surface area contributed by atoms with E-state index >= 15 is 0 Å². The number of hydrogen-bond acceptors (Lipinski definition) is 8. The Balaban J connectivity index is 1.52. The number of anilines is 1. The van der Waals surface area contributed by atoms with E-state index in [0.717, 1.165) is 6.26 Å². The Hall–Kier alpha value is -4.55. The second-order valence-corrected chi connectivity index (χ2v) is 7.06. The zero-order valence-corrected chi connectivity index (χ0v) is 17.3. The highest BCUT2D eigenvalue weighted by atomic mass is 19.4. The van der Waals surface area contributed by atoms with E-state index < -0.39 is 24.4 Å². The quantitative estimate of drug-likeness (QED) is 0.374. The predicted octanol–water partition coefficient (Wildman–Crippen LogP) is 2.82. The highest BCUT2D eigenvalue weighted by molar-refractivity contribution is 5.99. The molecule has 0 saturated carbocycles. The Morgan fingerprint density at radius 2 is 2.03 bits per heavy atom. The van der Waals surface area contributed by atoms with Gasteiger partial charge in [-0.15, -0.1) is 0 Å². The third-order valence-corrected chi connectivity index (χ3v) is 4.55. The number of primary amides is 1. The van der Waals surface area contributed by atoms with Crippen molar-refractivity contribution in [1.29, 1.82) is 0 Å². The van der Waals surface area contributed by atoms with E-state index in [-0.39, 0.29) is 35.1 Å². The van der Waals surface area contributed by atoms with Crippen LogP contribution in [0.5, 0.6) is 0 Å². The molecule has 0 aromatic carbocycles. The molecule has 0 fully saturated rings. The van der Waals surface area contributed by atoms with Crippen LogP contribution in [0.15, 0.2) is 59.7 Å². The molecule has 4 heterocycles. The molecule has 0 radical (unpaired) electrons. The minimum absolute atomic E-state index is 0.0157. The second kappa shape index (κ2) is 9.13. The van der Waals surface area contributed by atoms with Gasteiger partial charge in [-0.25, -0.2) is 14.6 Å². The van der Waals surface area contributed by atoms with Gasteiger partial charge in [0.2, 0.25) is 5.89 Å². The van der Waals surface area contributed by atoms with Gasteiger partial charge in [0.15, 0.2) is 11.5 Å². The average molecular weight is 471 g/mol. The fraction of sp³-hybridized carbons (Fsp3) is 0.143. The Kier molecular flexibility index (Phi) is 6.08. The molecule has 10 nitrogen and oxygen atoms in total. The van der Waals surface area contributed by atoms with Crippen LogP contribution in [0.4, 0.5) is 19.0 Å². The van der Waals surface area contributed by atoms with Crippen LogP contribution in [0.2, 0.25) is 0 Å². The molecule has 1 amide bonds. The normalized spacial score (nSPS) is 11.4. The average Bonchev–Trinajstić information content (AvgIpc) is 3.46. The maximum atomic E-state index is 12.8. The van der Waals surface area contributed by atoms with E-state index in [4.69, 9.17) is 10.2 Å². The number of alkyl halides is 3. The van der Waals surface area contributed by atoms with E-state index in [1.54, 1.807) is 18.3 Å². The van der Waals surface area contributed by atoms with Gasteiger partial charge in [-0.2, -0.15) is 18.3 Å². The van der Waals surface area contributed by atoms with Gasteiger partial charge in [0.25, 0.3) is 5.91 Å². The summed E-state index contributed by atoms with van der Waals surface area (Å²) in [5.41, 5.74) is 6.47. The van der Waals surface area contributed by atoms with Crippen molar-refractivity contribution in [2.45, 2.75) is 12.6 Å². The number of oxazole rings is 1. The van der Waals surface area contributed by atoms with Gasteiger partial charge in [-0.05, 0) is 24.3 Å². The summed E-state index contributed by atoms with van der Waals surface area (Å²) in [6.45, 7) is -1.26. The van der Waals surface area contributed by atoms with Gasteiger partial charge in [0.05, 0.1) is 11.9 Å². The molecule has 4 rings (SSSR count). The van der Waals surface area contributed by atoms with Crippen molar-refractivity contribution in [2.24, 2.45) is 5.73 Å². The lowest BCUT2D eigenvalue weighted by Gasteiger charge is -2.08. The zero-order valence-electron chi connectivity index (χ0n) is 17.3. The minimum atomic E-state index is -4.41. The third kappa shape index (κ3) is 5.26. The number of nitrogens with two attached hydrogens (primary N) is 1. The van der Waals surface area contributed by atoms with Crippen LogP contribution < -0.4 is 11.1 Å². The molecule has 3 N–H and O–H groups in total. The van der Waals surface area contributed by atoms with Crippen molar-refractivity contribution in [3.05, 3.63) is 72.3 Å². The topological polar surface area (TPSA) is 142 Å². The Bertz CT molecular complexity index is 1330. The first-order chi connectivity index (χ1) is 16.2. The summed E-state index contributed by atoms with van der Waals surface area (Å²) >= 11 is 0. The molecular weight excluding hydrogens is 455 g/mol. The van der Waals surface area contributed by atoms with Crippen molar-refractivity contribution in [1.82, 2.24) is 24.7 Å². The Morgan fingerprint density at radius 3 is 2.74 bits per heavy atom. The molecule has 0 unspecified atom stereocenters. The van der Waals surface area contributed by atoms with Gasteiger partial charge in [0.1, 0.15) is 24.3 Å². The molecule has 4 aromatic heterocycles. The fourth-order valence-electron chi connectivity index (χ4n) is 3.02. The van der Waals surface area contributed by atoms with Crippen LogP contribution >= 0.6 is 0 Å². The number of ketones is 1. The lowest BCUT2D eigenvalue weighted by molar-refractivity contribution is -0.115. The number of pyridine rings is 2. The summed E-state index contributed by atoms with van der Waals surface area (Å²) in [7, 11) is 0. The van der Waals surface area contributed by atoms with Crippen LogP contribution in [0.3, 0.4) is 0 Å². The third-order valence-electron chi connectivity index (χ3n) is 4.55. The van der Waals surface area contributed by atoms with Crippen molar-refractivity contribution in [3.63, 3.8) is 0 Å². The summed E-state index contributed by atoms with van der Waals surface area (Å²) < 4.78 is 44.0. The van der Waals surface area contributed by atoms with E-state index in [0.29, 0.717) is 11.3 Å². The van der Waals surface area contributed by atoms with E-state index in [1.807, 2.05) is 0 Å². The van der Waals surface area contributed by atoms with E-state index in [9.17, 15) is 22.8 Å². The Labute approximate surface area is 189 Å². The monoisotopic (exact) mass is 471 g/mol. The highest BCUT2D eigenvalue weighted by Gasteiger charge is 2.27. The number of nitrogens with one attached hydrogen (secondary N) is 1. The van der Waals surface area contributed by atoms with E-state index in [1.165, 1.54) is 35.4 Å². The van der Waals surface area contributed by atoms with Gasteiger partial charge < -0.3 is 15.5 Å². The summed E-state index contributed by atoms with van der Waals surface area (Å²) in [5, 5.41) is 6.30. The molecule has 0 aliphatic heterocycles. The number of carbonyl (C=O) groups excluding carboxylic acids is 2. The van der Waals surface area contributed by atoms with Crippen LogP contribution in [0, 0.1) is 0 Å². The number of Topliss-reactive ketones (excluding diaryl/α,β-unsaturated/α-hetero) is 1. The molecule has 13 heteroatoms. The zero-order chi connectivity index (χ0) is 24.3. The standard InChI is InChI=1S/C21H16F3N7O3/c22-21(23,24)11-28-17-7-12(3-5-27-17)20-29-15(10-34-20)16(32)6-13-9-31(30-18(13)19(25)33)14-2-1-4-26-8-14/h1-5,7-10H,6,11H2,(H2,25,33)(H,27,28). The molecule has 4 aromatic rings. The molecule has 0 atom stereocenters. The molecular formula is C21H16F3N7O3. The van der Waals surface area contributed by atoms with Crippen LogP contribution in [0.25, 0.3) is 17.1 Å².